The van der Waals surface area contributed by atoms with Crippen LogP contribution in [0.4, 0.5) is 4.39 Å². The van der Waals surface area contributed by atoms with Gasteiger partial charge >= 0.3 is 5.97 Å². The van der Waals surface area contributed by atoms with Gasteiger partial charge in [-0.1, -0.05) is 67.6 Å². The van der Waals surface area contributed by atoms with Crippen molar-refractivity contribution in [3.05, 3.63) is 114 Å². The molecule has 4 nitrogen and oxygen atoms in total. The average molecular weight is 400 g/mol. The summed E-state index contributed by atoms with van der Waals surface area (Å²) in [4.78, 5) is 13.3. The number of carbonyl (C=O) groups excluding carboxylic acids is 1. The van der Waals surface area contributed by atoms with Crippen LogP contribution < -0.4 is 4.74 Å². The number of carbonyl (C=O) groups is 1. The van der Waals surface area contributed by atoms with E-state index in [0.717, 1.165) is 16.8 Å². The number of halogens is 1. The highest BCUT2D eigenvalue weighted by molar-refractivity contribution is 5.84. The molecule has 0 fully saturated rings. The Hall–Kier alpha value is -3.73. The third-order valence-electron chi connectivity index (χ3n) is 4.87. The van der Waals surface area contributed by atoms with E-state index < -0.39 is 11.9 Å². The molecule has 0 aliphatic carbocycles. The number of aryl methyl sites for hydroxylation is 1. The zero-order valence-corrected chi connectivity index (χ0v) is 16.5. The van der Waals surface area contributed by atoms with E-state index in [4.69, 9.17) is 4.74 Å². The van der Waals surface area contributed by atoms with Gasteiger partial charge < -0.3 is 4.74 Å². The zero-order valence-electron chi connectivity index (χ0n) is 16.5. The van der Waals surface area contributed by atoms with Gasteiger partial charge in [-0.15, -0.1) is 0 Å². The van der Waals surface area contributed by atoms with Gasteiger partial charge in [-0.2, -0.15) is 5.10 Å². The lowest BCUT2D eigenvalue weighted by atomic mass is 9.91. The smallest absolute Gasteiger partial charge is 0.324 e. The number of benzene rings is 3. The van der Waals surface area contributed by atoms with Crippen LogP contribution in [0.2, 0.25) is 0 Å². The highest BCUT2D eigenvalue weighted by atomic mass is 19.1. The second kappa shape index (κ2) is 8.74. The minimum Gasteiger partial charge on any atom is -0.407 e. The molecular weight excluding hydrogens is 379 g/mol. The van der Waals surface area contributed by atoms with E-state index in [-0.39, 0.29) is 5.82 Å². The normalized spacial score (nSPS) is 10.9. The van der Waals surface area contributed by atoms with Crippen molar-refractivity contribution in [2.24, 2.45) is 0 Å². The maximum Gasteiger partial charge on any atom is 0.324 e. The van der Waals surface area contributed by atoms with E-state index in [1.54, 1.807) is 18.2 Å². The summed E-state index contributed by atoms with van der Waals surface area (Å²) in [5.41, 5.74) is 3.09. The Balaban J connectivity index is 1.71. The molecule has 0 radical (unpaired) electrons. The molecular formula is C25H21FN2O2. The number of hydrogen-bond donors (Lipinski definition) is 0. The summed E-state index contributed by atoms with van der Waals surface area (Å²) >= 11 is 0. The largest absolute Gasteiger partial charge is 0.407 e. The summed E-state index contributed by atoms with van der Waals surface area (Å²) in [5.74, 6) is -1.01. The van der Waals surface area contributed by atoms with Crippen LogP contribution in [0.25, 0.3) is 5.69 Å². The lowest BCUT2D eigenvalue weighted by molar-refractivity contribution is -0.135. The lowest BCUT2D eigenvalue weighted by Crippen LogP contribution is -2.21. The van der Waals surface area contributed by atoms with Crippen LogP contribution in [0.3, 0.4) is 0 Å². The summed E-state index contributed by atoms with van der Waals surface area (Å²) in [5, 5.41) is 4.50. The molecule has 0 N–H and O–H groups in total. The monoisotopic (exact) mass is 400 g/mol. The van der Waals surface area contributed by atoms with Gasteiger partial charge in [0, 0.05) is 6.07 Å². The molecule has 3 aromatic carbocycles. The molecule has 4 rings (SSSR count). The molecule has 1 aromatic heterocycles. The maximum atomic E-state index is 13.4. The van der Waals surface area contributed by atoms with Crippen molar-refractivity contribution in [3.8, 4) is 11.6 Å². The van der Waals surface area contributed by atoms with Crippen molar-refractivity contribution in [1.82, 2.24) is 9.78 Å². The fourth-order valence-electron chi connectivity index (χ4n) is 3.34. The molecule has 0 spiro atoms. The van der Waals surface area contributed by atoms with Crippen LogP contribution >= 0.6 is 0 Å². The minimum atomic E-state index is -0.575. The van der Waals surface area contributed by atoms with Crippen LogP contribution in [-0.2, 0) is 11.2 Å². The van der Waals surface area contributed by atoms with Crippen molar-refractivity contribution in [1.29, 1.82) is 0 Å². The van der Waals surface area contributed by atoms with Crippen LogP contribution in [0.5, 0.6) is 5.88 Å². The summed E-state index contributed by atoms with van der Waals surface area (Å²) in [7, 11) is 0. The van der Waals surface area contributed by atoms with Crippen LogP contribution in [0, 0.1) is 5.82 Å². The number of ether oxygens (including phenoxy) is 1. The van der Waals surface area contributed by atoms with Gasteiger partial charge in [0.25, 0.3) is 0 Å². The van der Waals surface area contributed by atoms with Gasteiger partial charge in [-0.25, -0.2) is 9.07 Å². The van der Waals surface area contributed by atoms with Crippen LogP contribution in [0.1, 0.15) is 29.7 Å². The van der Waals surface area contributed by atoms with E-state index in [9.17, 15) is 9.18 Å². The van der Waals surface area contributed by atoms with Crippen LogP contribution in [-0.4, -0.2) is 15.7 Å². The van der Waals surface area contributed by atoms with Crippen LogP contribution in [0.15, 0.2) is 91.0 Å². The van der Waals surface area contributed by atoms with Gasteiger partial charge in [0.05, 0.1) is 11.4 Å². The van der Waals surface area contributed by atoms with Crippen molar-refractivity contribution in [3.63, 3.8) is 0 Å². The summed E-state index contributed by atoms with van der Waals surface area (Å²) < 4.78 is 20.7. The van der Waals surface area contributed by atoms with Crippen molar-refractivity contribution >= 4 is 5.97 Å². The fraction of sp³-hybridized carbons (Fsp3) is 0.120. The maximum absolute atomic E-state index is 13.4. The Kier molecular flexibility index (Phi) is 5.70. The van der Waals surface area contributed by atoms with E-state index in [2.05, 4.69) is 5.10 Å². The molecule has 0 unspecified atom stereocenters. The first kappa shape index (κ1) is 19.6. The molecule has 0 saturated carbocycles. The fourth-order valence-corrected chi connectivity index (χ4v) is 3.34. The van der Waals surface area contributed by atoms with E-state index in [1.807, 2.05) is 67.6 Å². The Labute approximate surface area is 174 Å². The molecule has 0 amide bonds. The quantitative estimate of drug-likeness (QED) is 0.412. The minimum absolute atomic E-state index is 0.306. The SMILES string of the molecule is CCc1cc(OC(=O)C(c2ccccc2)c2ccccc2)n(-c2ccc(F)cc2)n1. The summed E-state index contributed by atoms with van der Waals surface area (Å²) in [6.45, 7) is 1.97. The molecule has 5 heteroatoms. The first-order valence-corrected chi connectivity index (χ1v) is 9.82. The topological polar surface area (TPSA) is 44.1 Å². The molecule has 4 aromatic rings. The third kappa shape index (κ3) is 4.15. The predicted molar refractivity (Wildman–Crippen MR) is 113 cm³/mol. The first-order chi connectivity index (χ1) is 14.7. The van der Waals surface area contributed by atoms with Gasteiger partial charge in [0.15, 0.2) is 0 Å². The average Bonchev–Trinajstić information content (AvgIpc) is 3.19. The Bertz CT molecular complexity index is 1080. The molecule has 0 aliphatic rings. The van der Waals surface area contributed by atoms with Gasteiger partial charge in [0.1, 0.15) is 11.7 Å². The van der Waals surface area contributed by atoms with Crippen molar-refractivity contribution in [2.45, 2.75) is 19.3 Å². The summed E-state index contributed by atoms with van der Waals surface area (Å²) in [6, 6.07) is 26.7. The van der Waals surface area contributed by atoms with E-state index in [0.29, 0.717) is 18.0 Å². The van der Waals surface area contributed by atoms with Gasteiger partial charge in [-0.05, 0) is 41.8 Å². The van der Waals surface area contributed by atoms with E-state index >= 15 is 0 Å². The Morgan fingerprint density at radius 2 is 1.50 bits per heavy atom. The molecule has 30 heavy (non-hydrogen) atoms. The second-order valence-electron chi connectivity index (χ2n) is 6.89. The molecule has 0 saturated heterocycles. The number of aromatic nitrogens is 2. The zero-order chi connectivity index (χ0) is 20.9. The first-order valence-electron chi connectivity index (χ1n) is 9.82. The predicted octanol–water partition coefficient (Wildman–Crippen LogP) is 5.31. The molecule has 0 bridgehead atoms. The highest BCUT2D eigenvalue weighted by Gasteiger charge is 2.26. The number of nitrogens with zero attached hydrogens (tertiary/aromatic N) is 2. The second-order valence-corrected chi connectivity index (χ2v) is 6.89. The molecule has 0 aliphatic heterocycles. The Morgan fingerprint density at radius 3 is 2.03 bits per heavy atom. The number of hydrogen-bond acceptors (Lipinski definition) is 3. The highest BCUT2D eigenvalue weighted by Crippen LogP contribution is 2.28. The van der Waals surface area contributed by atoms with Crippen molar-refractivity contribution in [2.75, 3.05) is 0 Å². The standard InChI is InChI=1S/C25H21FN2O2/c1-2-21-17-23(28(27-21)22-15-13-20(26)14-16-22)30-25(29)24(18-9-5-3-6-10-18)19-11-7-4-8-12-19/h3-17,24H,2H2,1H3. The third-order valence-corrected chi connectivity index (χ3v) is 4.87. The molecule has 150 valence electrons. The Morgan fingerprint density at radius 1 is 0.933 bits per heavy atom. The van der Waals surface area contributed by atoms with Gasteiger partial charge in [-0.3, -0.25) is 4.79 Å². The summed E-state index contributed by atoms with van der Waals surface area (Å²) in [6.07, 6.45) is 0.680. The lowest BCUT2D eigenvalue weighted by Gasteiger charge is -2.17. The van der Waals surface area contributed by atoms with E-state index in [1.165, 1.54) is 16.8 Å². The molecule has 1 heterocycles. The number of esters is 1. The number of rotatable bonds is 6. The molecule has 0 atom stereocenters. The van der Waals surface area contributed by atoms with Crippen molar-refractivity contribution < 1.29 is 13.9 Å². The van der Waals surface area contributed by atoms with Gasteiger partial charge in [0.2, 0.25) is 5.88 Å².